The first-order chi connectivity index (χ1) is 4.20. The highest BCUT2D eigenvalue weighted by atomic mass is 16.5. The van der Waals surface area contributed by atoms with E-state index in [1.807, 2.05) is 26.8 Å². The van der Waals surface area contributed by atoms with Crippen LogP contribution in [0.15, 0.2) is 11.8 Å². The highest BCUT2D eigenvalue weighted by molar-refractivity contribution is 4.91. The summed E-state index contributed by atoms with van der Waals surface area (Å²) in [4.78, 5) is 0. The van der Waals surface area contributed by atoms with Crippen molar-refractivity contribution in [3.8, 4) is 0 Å². The van der Waals surface area contributed by atoms with Crippen LogP contribution in [0.1, 0.15) is 20.8 Å². The zero-order valence-corrected chi connectivity index (χ0v) is 6.35. The summed E-state index contributed by atoms with van der Waals surface area (Å²) >= 11 is 0. The van der Waals surface area contributed by atoms with Crippen LogP contribution in [0.5, 0.6) is 0 Å². The molecule has 2 nitrogen and oxygen atoms in total. The second-order valence-electron chi connectivity index (χ2n) is 2.13. The van der Waals surface area contributed by atoms with Gasteiger partial charge >= 0.3 is 0 Å². The number of rotatable bonds is 3. The lowest BCUT2D eigenvalue weighted by molar-refractivity contribution is 0.145. The highest BCUT2D eigenvalue weighted by Crippen LogP contribution is 1.98. The van der Waals surface area contributed by atoms with Gasteiger partial charge in [0.25, 0.3) is 0 Å². The first kappa shape index (κ1) is 8.50. The molecule has 2 N–H and O–H groups in total. The molecule has 9 heavy (non-hydrogen) atoms. The highest BCUT2D eigenvalue weighted by Gasteiger charge is 1.95. The summed E-state index contributed by atoms with van der Waals surface area (Å²) in [5.41, 5.74) is 5.34. The summed E-state index contributed by atoms with van der Waals surface area (Å²) < 4.78 is 5.28. The van der Waals surface area contributed by atoms with Gasteiger partial charge in [-0.1, -0.05) is 0 Å². The first-order valence-corrected chi connectivity index (χ1v) is 3.22. The smallest absolute Gasteiger partial charge is 0.106 e. The molecule has 0 radical (unpaired) electrons. The Balaban J connectivity index is 3.58. The molecule has 0 saturated carbocycles. The maximum atomic E-state index is 5.34. The van der Waals surface area contributed by atoms with E-state index in [0.29, 0.717) is 6.54 Å². The minimum absolute atomic E-state index is 0.236. The van der Waals surface area contributed by atoms with E-state index in [9.17, 15) is 0 Å². The van der Waals surface area contributed by atoms with Crippen molar-refractivity contribution in [1.29, 1.82) is 0 Å². The van der Waals surface area contributed by atoms with Gasteiger partial charge in [-0.05, 0) is 26.8 Å². The molecule has 0 bridgehead atoms. The Morgan fingerprint density at radius 1 is 1.67 bits per heavy atom. The summed E-state index contributed by atoms with van der Waals surface area (Å²) in [6.07, 6.45) is 2.12. The van der Waals surface area contributed by atoms with E-state index in [1.165, 1.54) is 0 Å². The summed E-state index contributed by atoms with van der Waals surface area (Å²) in [5.74, 6) is 0.866. The Kier molecular flexibility index (Phi) is 4.14. The average Bonchev–Trinajstić information content (AvgIpc) is 1.82. The summed E-state index contributed by atoms with van der Waals surface area (Å²) in [5, 5.41) is 0. The van der Waals surface area contributed by atoms with Crippen LogP contribution in [0.25, 0.3) is 0 Å². The zero-order chi connectivity index (χ0) is 7.28. The third-order valence-electron chi connectivity index (χ3n) is 0.910. The molecule has 0 aromatic carbocycles. The van der Waals surface area contributed by atoms with Crippen molar-refractivity contribution < 1.29 is 4.74 Å². The van der Waals surface area contributed by atoms with Gasteiger partial charge < -0.3 is 10.5 Å². The maximum Gasteiger partial charge on any atom is 0.106 e. The maximum absolute atomic E-state index is 5.34. The molecule has 0 unspecified atom stereocenters. The SMILES string of the molecule is CC=C(CN)OC(C)C. The lowest BCUT2D eigenvalue weighted by Crippen LogP contribution is -2.10. The van der Waals surface area contributed by atoms with Gasteiger partial charge in [-0.2, -0.15) is 0 Å². The topological polar surface area (TPSA) is 35.2 Å². The second kappa shape index (κ2) is 4.39. The molecular weight excluding hydrogens is 114 g/mol. The minimum atomic E-state index is 0.236. The van der Waals surface area contributed by atoms with Gasteiger partial charge in [0, 0.05) is 0 Å². The van der Waals surface area contributed by atoms with Gasteiger partial charge in [-0.25, -0.2) is 0 Å². The van der Waals surface area contributed by atoms with Crippen molar-refractivity contribution in [2.75, 3.05) is 6.54 Å². The van der Waals surface area contributed by atoms with Crippen molar-refractivity contribution in [1.82, 2.24) is 0 Å². The molecule has 0 spiro atoms. The second-order valence-corrected chi connectivity index (χ2v) is 2.13. The molecule has 0 amide bonds. The van der Waals surface area contributed by atoms with E-state index < -0.39 is 0 Å². The van der Waals surface area contributed by atoms with Crippen LogP contribution >= 0.6 is 0 Å². The summed E-state index contributed by atoms with van der Waals surface area (Å²) in [6.45, 7) is 6.39. The van der Waals surface area contributed by atoms with E-state index in [0.717, 1.165) is 5.76 Å². The summed E-state index contributed by atoms with van der Waals surface area (Å²) in [6, 6.07) is 0. The first-order valence-electron chi connectivity index (χ1n) is 3.22. The molecule has 0 fully saturated rings. The number of nitrogens with two attached hydrogens (primary N) is 1. The van der Waals surface area contributed by atoms with Crippen LogP contribution in [0.3, 0.4) is 0 Å². The van der Waals surface area contributed by atoms with E-state index in [1.54, 1.807) is 0 Å². The normalized spacial score (nSPS) is 12.3. The minimum Gasteiger partial charge on any atom is -0.494 e. The van der Waals surface area contributed by atoms with Crippen LogP contribution in [-0.2, 0) is 4.74 Å². The predicted molar refractivity (Wildman–Crippen MR) is 39.0 cm³/mol. The molecule has 0 atom stereocenters. The van der Waals surface area contributed by atoms with Crippen LogP contribution in [0.2, 0.25) is 0 Å². The Bertz CT molecular complexity index is 97.1. The van der Waals surface area contributed by atoms with Gasteiger partial charge in [-0.3, -0.25) is 0 Å². The average molecular weight is 129 g/mol. The predicted octanol–water partition coefficient (Wildman–Crippen LogP) is 1.27. The molecular formula is C7H15NO. The molecule has 0 saturated heterocycles. The van der Waals surface area contributed by atoms with Crippen LogP contribution in [-0.4, -0.2) is 12.6 Å². The zero-order valence-electron chi connectivity index (χ0n) is 6.35. The van der Waals surface area contributed by atoms with Crippen molar-refractivity contribution in [2.45, 2.75) is 26.9 Å². The Morgan fingerprint density at radius 3 is 2.33 bits per heavy atom. The number of allylic oxidation sites excluding steroid dienone is 1. The van der Waals surface area contributed by atoms with Gasteiger partial charge in [0.05, 0.1) is 12.6 Å². The molecule has 54 valence electrons. The summed E-state index contributed by atoms with van der Waals surface area (Å²) in [7, 11) is 0. The number of ether oxygens (including phenoxy) is 1. The monoisotopic (exact) mass is 129 g/mol. The largest absolute Gasteiger partial charge is 0.494 e. The van der Waals surface area contributed by atoms with Gasteiger partial charge in [-0.15, -0.1) is 0 Å². The standard InChI is InChI=1S/C7H15NO/c1-4-7(5-8)9-6(2)3/h4,6H,5,8H2,1-3H3. The van der Waals surface area contributed by atoms with Crippen molar-refractivity contribution >= 4 is 0 Å². The Hall–Kier alpha value is -0.500. The molecule has 0 aliphatic carbocycles. The van der Waals surface area contributed by atoms with Gasteiger partial charge in [0.2, 0.25) is 0 Å². The molecule has 0 aromatic heterocycles. The van der Waals surface area contributed by atoms with E-state index >= 15 is 0 Å². The molecule has 0 aliphatic heterocycles. The Labute approximate surface area is 56.7 Å². The quantitative estimate of drug-likeness (QED) is 0.582. The van der Waals surface area contributed by atoms with E-state index in [4.69, 9.17) is 10.5 Å². The number of hydrogen-bond donors (Lipinski definition) is 1. The number of hydrogen-bond acceptors (Lipinski definition) is 2. The van der Waals surface area contributed by atoms with Crippen molar-refractivity contribution in [2.24, 2.45) is 5.73 Å². The Morgan fingerprint density at radius 2 is 2.22 bits per heavy atom. The van der Waals surface area contributed by atoms with Crippen LogP contribution in [0.4, 0.5) is 0 Å². The molecule has 2 heteroatoms. The third kappa shape index (κ3) is 4.03. The molecule has 0 heterocycles. The van der Waals surface area contributed by atoms with Crippen LogP contribution < -0.4 is 5.73 Å². The van der Waals surface area contributed by atoms with Crippen LogP contribution in [0, 0.1) is 0 Å². The molecule has 0 aliphatic rings. The fraction of sp³-hybridized carbons (Fsp3) is 0.714. The van der Waals surface area contributed by atoms with Crippen molar-refractivity contribution in [3.63, 3.8) is 0 Å². The fourth-order valence-corrected chi connectivity index (χ4v) is 0.537. The molecule has 0 rings (SSSR count). The fourth-order valence-electron chi connectivity index (χ4n) is 0.537. The van der Waals surface area contributed by atoms with Gasteiger partial charge in [0.15, 0.2) is 0 Å². The third-order valence-corrected chi connectivity index (χ3v) is 0.910. The lowest BCUT2D eigenvalue weighted by Gasteiger charge is -2.10. The van der Waals surface area contributed by atoms with Crippen molar-refractivity contribution in [3.05, 3.63) is 11.8 Å². The van der Waals surface area contributed by atoms with Gasteiger partial charge in [0.1, 0.15) is 5.76 Å². The van der Waals surface area contributed by atoms with E-state index in [-0.39, 0.29) is 6.10 Å². The lowest BCUT2D eigenvalue weighted by atomic mass is 10.4. The molecule has 0 aromatic rings. The van der Waals surface area contributed by atoms with E-state index in [2.05, 4.69) is 0 Å².